The van der Waals surface area contributed by atoms with Gasteiger partial charge in [0.05, 0.1) is 18.7 Å². The average molecular weight is 255 g/mol. The highest BCUT2D eigenvalue weighted by Crippen LogP contribution is 1.98. The zero-order valence-corrected chi connectivity index (χ0v) is 10.4. The summed E-state index contributed by atoms with van der Waals surface area (Å²) in [5, 5.41) is 18.8. The van der Waals surface area contributed by atoms with Crippen LogP contribution in [-0.4, -0.2) is 57.1 Å². The summed E-state index contributed by atoms with van der Waals surface area (Å²) < 4.78 is 1.60. The quantitative estimate of drug-likeness (QED) is 0.723. The first kappa shape index (κ1) is 13.9. The molecule has 1 aromatic heterocycles. The van der Waals surface area contributed by atoms with E-state index in [9.17, 15) is 9.59 Å². The van der Waals surface area contributed by atoms with Crippen molar-refractivity contribution in [1.29, 1.82) is 0 Å². The van der Waals surface area contributed by atoms with Crippen molar-refractivity contribution in [2.24, 2.45) is 5.92 Å². The smallest absolute Gasteiger partial charge is 0.317 e. The minimum absolute atomic E-state index is 0.171. The third-order valence-electron chi connectivity index (χ3n) is 2.41. The number of carbonyl (C=O) groups is 2. The average Bonchev–Trinajstić information content (AvgIpc) is 2.81. The Morgan fingerprint density at radius 3 is 2.83 bits per heavy atom. The minimum atomic E-state index is -0.919. The molecule has 1 atom stereocenters. The first-order chi connectivity index (χ1) is 8.50. The maximum Gasteiger partial charge on any atom is 0.317 e. The van der Waals surface area contributed by atoms with Crippen LogP contribution >= 0.6 is 0 Å². The van der Waals surface area contributed by atoms with Crippen LogP contribution in [0, 0.1) is 5.92 Å². The van der Waals surface area contributed by atoms with E-state index in [0.29, 0.717) is 13.1 Å². The number of nitrogens with one attached hydrogen (secondary N) is 1. The molecular weight excluding hydrogens is 238 g/mol. The third-order valence-corrected chi connectivity index (χ3v) is 2.41. The fourth-order valence-corrected chi connectivity index (χ4v) is 1.34. The maximum atomic E-state index is 11.6. The summed E-state index contributed by atoms with van der Waals surface area (Å²) in [4.78, 5) is 23.6. The van der Waals surface area contributed by atoms with Crippen LogP contribution in [0.1, 0.15) is 6.92 Å². The Balaban J connectivity index is 2.25. The number of aromatic nitrogens is 3. The highest BCUT2D eigenvalue weighted by atomic mass is 16.4. The summed E-state index contributed by atoms with van der Waals surface area (Å²) >= 11 is 0. The van der Waals surface area contributed by atoms with E-state index in [1.807, 2.05) is 0 Å². The molecule has 0 bridgehead atoms. The zero-order chi connectivity index (χ0) is 13.5. The summed E-state index contributed by atoms with van der Waals surface area (Å²) in [7, 11) is 1.56. The molecule has 0 fully saturated rings. The lowest BCUT2D eigenvalue weighted by molar-refractivity contribution is -0.141. The van der Waals surface area contributed by atoms with E-state index < -0.39 is 11.9 Å². The largest absolute Gasteiger partial charge is 0.481 e. The molecule has 8 heteroatoms. The van der Waals surface area contributed by atoms with Gasteiger partial charge >= 0.3 is 12.0 Å². The van der Waals surface area contributed by atoms with Crippen LogP contribution in [0.25, 0.3) is 0 Å². The Kier molecular flexibility index (Phi) is 5.09. The normalized spacial score (nSPS) is 11.9. The molecule has 0 radical (unpaired) electrons. The molecule has 100 valence electrons. The fraction of sp³-hybridized carbons (Fsp3) is 0.600. The number of carboxylic acid groups (broad SMARTS) is 1. The Bertz CT molecular complexity index is 392. The van der Waals surface area contributed by atoms with Crippen molar-refractivity contribution in [3.8, 4) is 0 Å². The van der Waals surface area contributed by atoms with Gasteiger partial charge in [-0.05, 0) is 0 Å². The first-order valence-corrected chi connectivity index (χ1v) is 5.56. The lowest BCUT2D eigenvalue weighted by atomic mass is 10.2. The predicted molar refractivity (Wildman–Crippen MR) is 62.9 cm³/mol. The molecular formula is C10H17N5O3. The second kappa shape index (κ2) is 6.58. The van der Waals surface area contributed by atoms with Gasteiger partial charge in [-0.25, -0.2) is 4.79 Å². The van der Waals surface area contributed by atoms with Crippen LogP contribution < -0.4 is 5.32 Å². The summed E-state index contributed by atoms with van der Waals surface area (Å²) in [6.45, 7) is 2.66. The second-order valence-corrected chi connectivity index (χ2v) is 4.02. The Hall–Kier alpha value is -2.12. The predicted octanol–water partition coefficient (Wildman–Crippen LogP) is -0.360. The van der Waals surface area contributed by atoms with Crippen molar-refractivity contribution in [2.45, 2.75) is 13.5 Å². The molecule has 1 heterocycles. The molecule has 0 saturated carbocycles. The van der Waals surface area contributed by atoms with Crippen LogP contribution in [0.2, 0.25) is 0 Å². The van der Waals surface area contributed by atoms with E-state index in [-0.39, 0.29) is 12.6 Å². The molecule has 0 aliphatic carbocycles. The topological polar surface area (TPSA) is 100 Å². The number of rotatable bonds is 6. The summed E-state index contributed by atoms with van der Waals surface area (Å²) in [6.07, 6.45) is 3.25. The molecule has 0 aliphatic heterocycles. The summed E-state index contributed by atoms with van der Waals surface area (Å²) in [5.41, 5.74) is 0. The molecule has 0 spiro atoms. The molecule has 0 aromatic carbocycles. The van der Waals surface area contributed by atoms with Crippen LogP contribution in [0.4, 0.5) is 4.79 Å². The van der Waals surface area contributed by atoms with Crippen LogP contribution in [0.3, 0.4) is 0 Å². The van der Waals surface area contributed by atoms with E-state index >= 15 is 0 Å². The van der Waals surface area contributed by atoms with Crippen molar-refractivity contribution in [3.05, 3.63) is 12.4 Å². The standard InChI is InChI=1S/C10H17N5O3/c1-8(9(16)17)7-14(2)10(18)11-3-5-15-6-4-12-13-15/h4,6,8H,3,5,7H2,1-2H3,(H,11,18)(H,16,17). The monoisotopic (exact) mass is 255 g/mol. The van der Waals surface area contributed by atoms with Crippen molar-refractivity contribution in [2.75, 3.05) is 20.1 Å². The van der Waals surface area contributed by atoms with Gasteiger partial charge in [0.15, 0.2) is 0 Å². The zero-order valence-electron chi connectivity index (χ0n) is 10.4. The molecule has 1 rings (SSSR count). The molecule has 18 heavy (non-hydrogen) atoms. The Morgan fingerprint density at radius 2 is 2.28 bits per heavy atom. The van der Waals surface area contributed by atoms with Gasteiger partial charge in [-0.1, -0.05) is 12.1 Å². The number of carbonyl (C=O) groups excluding carboxylic acids is 1. The van der Waals surface area contributed by atoms with E-state index in [1.54, 1.807) is 31.0 Å². The lowest BCUT2D eigenvalue weighted by Gasteiger charge is -2.19. The van der Waals surface area contributed by atoms with Gasteiger partial charge in [-0.3, -0.25) is 9.48 Å². The molecule has 8 nitrogen and oxygen atoms in total. The van der Waals surface area contributed by atoms with Gasteiger partial charge in [-0.2, -0.15) is 0 Å². The number of nitrogens with zero attached hydrogens (tertiary/aromatic N) is 4. The molecule has 2 amide bonds. The lowest BCUT2D eigenvalue weighted by Crippen LogP contribution is -2.41. The van der Waals surface area contributed by atoms with Gasteiger partial charge in [0.25, 0.3) is 0 Å². The van der Waals surface area contributed by atoms with E-state index in [2.05, 4.69) is 15.6 Å². The van der Waals surface area contributed by atoms with Gasteiger partial charge in [-0.15, -0.1) is 5.10 Å². The highest BCUT2D eigenvalue weighted by Gasteiger charge is 2.16. The molecule has 2 N–H and O–H groups in total. The van der Waals surface area contributed by atoms with Crippen molar-refractivity contribution in [3.63, 3.8) is 0 Å². The maximum absolute atomic E-state index is 11.6. The Labute approximate surface area is 105 Å². The second-order valence-electron chi connectivity index (χ2n) is 4.02. The number of aliphatic carboxylic acids is 1. The molecule has 1 unspecified atom stereocenters. The number of urea groups is 1. The third kappa shape index (κ3) is 4.40. The van der Waals surface area contributed by atoms with E-state index in [4.69, 9.17) is 5.11 Å². The van der Waals surface area contributed by atoms with Crippen molar-refractivity contribution < 1.29 is 14.7 Å². The van der Waals surface area contributed by atoms with E-state index in [0.717, 1.165) is 0 Å². The summed E-state index contributed by atoms with van der Waals surface area (Å²) in [6, 6.07) is -0.303. The van der Waals surface area contributed by atoms with E-state index in [1.165, 1.54) is 4.90 Å². The van der Waals surface area contributed by atoms with Gasteiger partial charge in [0.1, 0.15) is 0 Å². The van der Waals surface area contributed by atoms with Crippen LogP contribution in [-0.2, 0) is 11.3 Å². The van der Waals surface area contributed by atoms with Crippen molar-refractivity contribution in [1.82, 2.24) is 25.2 Å². The highest BCUT2D eigenvalue weighted by molar-refractivity contribution is 5.75. The van der Waals surface area contributed by atoms with Gasteiger partial charge < -0.3 is 15.3 Å². The molecule has 1 aromatic rings. The molecule has 0 aliphatic rings. The minimum Gasteiger partial charge on any atom is -0.481 e. The van der Waals surface area contributed by atoms with Gasteiger partial charge in [0.2, 0.25) is 0 Å². The van der Waals surface area contributed by atoms with Crippen LogP contribution in [0.5, 0.6) is 0 Å². The Morgan fingerprint density at radius 1 is 1.56 bits per heavy atom. The SMILES string of the molecule is CC(CN(C)C(=O)NCCn1ccnn1)C(=O)O. The fourth-order valence-electron chi connectivity index (χ4n) is 1.34. The number of hydrogen-bond donors (Lipinski definition) is 2. The number of amides is 2. The molecule has 0 saturated heterocycles. The number of hydrogen-bond acceptors (Lipinski definition) is 4. The van der Waals surface area contributed by atoms with Crippen molar-refractivity contribution >= 4 is 12.0 Å². The van der Waals surface area contributed by atoms with Gasteiger partial charge in [0, 0.05) is 26.3 Å². The summed E-state index contributed by atoms with van der Waals surface area (Å²) in [5.74, 6) is -1.51. The first-order valence-electron chi connectivity index (χ1n) is 5.56. The van der Waals surface area contributed by atoms with Crippen LogP contribution in [0.15, 0.2) is 12.4 Å². The number of carboxylic acids is 1.